The van der Waals surface area contributed by atoms with Gasteiger partial charge in [-0.05, 0) is 89.8 Å². The molecule has 1 N–H and O–H groups in total. The van der Waals surface area contributed by atoms with E-state index < -0.39 is 6.10 Å². The van der Waals surface area contributed by atoms with Crippen LogP contribution in [-0.4, -0.2) is 11.2 Å². The van der Waals surface area contributed by atoms with Gasteiger partial charge in [-0.3, -0.25) is 0 Å². The molecule has 0 aliphatic heterocycles. The highest BCUT2D eigenvalue weighted by molar-refractivity contribution is 5.40. The van der Waals surface area contributed by atoms with E-state index in [0.29, 0.717) is 32.8 Å². The number of hydrogen-bond donors (Lipinski definition) is 1. The van der Waals surface area contributed by atoms with Crippen LogP contribution < -0.4 is 18.9 Å². The zero-order chi connectivity index (χ0) is 35.6. The van der Waals surface area contributed by atoms with Crippen molar-refractivity contribution in [2.24, 2.45) is 0 Å². The molecule has 5 nitrogen and oxygen atoms in total. The summed E-state index contributed by atoms with van der Waals surface area (Å²) in [6, 6.07) is 53.0. The van der Waals surface area contributed by atoms with Gasteiger partial charge in [0.05, 0.1) is 6.10 Å². The summed E-state index contributed by atoms with van der Waals surface area (Å²) >= 11 is 0. The van der Waals surface area contributed by atoms with E-state index in [1.807, 2.05) is 84.9 Å². The fourth-order valence-electron chi connectivity index (χ4n) is 6.03. The molecule has 52 heavy (non-hydrogen) atoms. The normalized spacial score (nSPS) is 11.5. The third-order valence-corrected chi connectivity index (χ3v) is 8.89. The van der Waals surface area contributed by atoms with Crippen molar-refractivity contribution in [2.75, 3.05) is 0 Å². The van der Waals surface area contributed by atoms with Crippen LogP contribution in [-0.2, 0) is 39.3 Å². The first-order valence-electron chi connectivity index (χ1n) is 18.3. The van der Waals surface area contributed by atoms with Crippen molar-refractivity contribution >= 4 is 0 Å². The van der Waals surface area contributed by atoms with E-state index in [-0.39, 0.29) is 0 Å². The second kappa shape index (κ2) is 19.8. The molecule has 0 saturated carbocycles. The molecule has 0 amide bonds. The molecule has 266 valence electrons. The smallest absolute Gasteiger partial charge is 0.123 e. The van der Waals surface area contributed by atoms with Crippen LogP contribution in [0.3, 0.4) is 0 Å². The number of ether oxygens (including phenoxy) is 4. The Balaban J connectivity index is 1.01. The van der Waals surface area contributed by atoms with Crippen molar-refractivity contribution in [3.8, 4) is 23.0 Å². The van der Waals surface area contributed by atoms with Crippen LogP contribution in [0.15, 0.2) is 158 Å². The summed E-state index contributed by atoms with van der Waals surface area (Å²) in [5.74, 6) is 3.13. The largest absolute Gasteiger partial charge is 0.489 e. The number of aliphatic hydroxyl groups excluding tert-OH is 1. The highest BCUT2D eigenvalue weighted by Crippen LogP contribution is 2.28. The van der Waals surface area contributed by atoms with Gasteiger partial charge in [-0.15, -0.1) is 0 Å². The summed E-state index contributed by atoms with van der Waals surface area (Å²) in [6.07, 6.45) is 4.49. The van der Waals surface area contributed by atoms with E-state index >= 15 is 0 Å². The maximum atomic E-state index is 11.0. The Morgan fingerprint density at radius 3 is 1.02 bits per heavy atom. The van der Waals surface area contributed by atoms with Crippen molar-refractivity contribution in [2.45, 2.75) is 71.1 Å². The number of aryl methyl sites for hydroxylation is 2. The molecule has 6 aromatic carbocycles. The van der Waals surface area contributed by atoms with Crippen LogP contribution in [0.5, 0.6) is 23.0 Å². The summed E-state index contributed by atoms with van der Waals surface area (Å²) in [5.41, 5.74) is 6.71. The molecular formula is C47H48O5. The first kappa shape index (κ1) is 36.3. The van der Waals surface area contributed by atoms with Gasteiger partial charge in [0.2, 0.25) is 0 Å². The van der Waals surface area contributed by atoms with Gasteiger partial charge in [0.25, 0.3) is 0 Å². The number of benzene rings is 6. The third kappa shape index (κ3) is 12.4. The predicted octanol–water partition coefficient (Wildman–Crippen LogP) is 10.7. The topological polar surface area (TPSA) is 57.2 Å². The van der Waals surface area contributed by atoms with Crippen LogP contribution >= 0.6 is 0 Å². The Morgan fingerprint density at radius 2 is 0.673 bits per heavy atom. The quantitative estimate of drug-likeness (QED) is 0.0807. The second-order valence-corrected chi connectivity index (χ2v) is 13.2. The molecule has 0 aliphatic rings. The van der Waals surface area contributed by atoms with Crippen molar-refractivity contribution in [1.29, 1.82) is 0 Å². The first-order chi connectivity index (χ1) is 25.6. The first-order valence-corrected chi connectivity index (χ1v) is 18.3. The Labute approximate surface area is 308 Å². The predicted molar refractivity (Wildman–Crippen MR) is 208 cm³/mol. The average molecular weight is 693 g/mol. The summed E-state index contributed by atoms with van der Waals surface area (Å²) in [4.78, 5) is 0. The molecule has 1 atom stereocenters. The van der Waals surface area contributed by atoms with Gasteiger partial charge in [0.15, 0.2) is 0 Å². The summed E-state index contributed by atoms with van der Waals surface area (Å²) < 4.78 is 24.8. The van der Waals surface area contributed by atoms with Gasteiger partial charge in [0, 0.05) is 12.1 Å². The van der Waals surface area contributed by atoms with Gasteiger partial charge in [0.1, 0.15) is 49.4 Å². The minimum Gasteiger partial charge on any atom is -0.489 e. The van der Waals surface area contributed by atoms with E-state index in [1.54, 1.807) is 0 Å². The Bertz CT molecular complexity index is 1770. The van der Waals surface area contributed by atoms with E-state index in [9.17, 15) is 5.11 Å². The maximum Gasteiger partial charge on any atom is 0.123 e. The minimum absolute atomic E-state index is 0.395. The fraction of sp³-hybridized carbons (Fsp3) is 0.234. The van der Waals surface area contributed by atoms with Gasteiger partial charge in [-0.2, -0.15) is 0 Å². The molecule has 0 aromatic heterocycles. The molecule has 0 fully saturated rings. The molecule has 0 aliphatic carbocycles. The molecule has 6 rings (SSSR count). The molecule has 1 unspecified atom stereocenters. The lowest BCUT2D eigenvalue weighted by molar-refractivity contribution is 0.151. The molecular weight excluding hydrogens is 645 g/mol. The van der Waals surface area contributed by atoms with Crippen molar-refractivity contribution in [3.05, 3.63) is 191 Å². The van der Waals surface area contributed by atoms with Crippen molar-refractivity contribution < 1.29 is 24.1 Å². The van der Waals surface area contributed by atoms with Crippen molar-refractivity contribution in [3.63, 3.8) is 0 Å². The highest BCUT2D eigenvalue weighted by Gasteiger charge is 2.10. The standard InChI is InChI=1S/C47H48O5/c48-43(26-25-42-29-46(51-35-39-19-9-3-10-20-39)32-47(30-42)52-36-40-21-11-4-12-22-40)24-14-13-23-41-27-44(49-33-37-15-5-1-6-16-37)31-45(28-41)50-34-38-17-7-2-8-18-38/h1-12,15-22,27-32,43,48H,13-14,23-26,33-36H2. The lowest BCUT2D eigenvalue weighted by Gasteiger charge is -2.15. The molecule has 0 radical (unpaired) electrons. The van der Waals surface area contributed by atoms with E-state index in [0.717, 1.165) is 82.9 Å². The number of hydrogen-bond acceptors (Lipinski definition) is 5. The zero-order valence-electron chi connectivity index (χ0n) is 29.7. The average Bonchev–Trinajstić information content (AvgIpc) is 3.20. The van der Waals surface area contributed by atoms with Gasteiger partial charge in [-0.25, -0.2) is 0 Å². The lowest BCUT2D eigenvalue weighted by Crippen LogP contribution is -2.08. The minimum atomic E-state index is -0.395. The summed E-state index contributed by atoms with van der Waals surface area (Å²) in [7, 11) is 0. The van der Waals surface area contributed by atoms with Crippen molar-refractivity contribution in [1.82, 2.24) is 0 Å². The molecule has 6 aromatic rings. The van der Waals surface area contributed by atoms with E-state index in [1.165, 1.54) is 5.56 Å². The van der Waals surface area contributed by atoms with Gasteiger partial charge in [-0.1, -0.05) is 128 Å². The maximum absolute atomic E-state index is 11.0. The second-order valence-electron chi connectivity index (χ2n) is 13.2. The summed E-state index contributed by atoms with van der Waals surface area (Å²) in [5, 5.41) is 11.0. The SMILES string of the molecule is OC(CCCCc1cc(OCc2ccccc2)cc(OCc2ccccc2)c1)CCc1cc(OCc2ccccc2)cc(OCc2ccccc2)c1. The van der Waals surface area contributed by atoms with Gasteiger partial charge >= 0.3 is 0 Å². The molecule has 0 saturated heterocycles. The highest BCUT2D eigenvalue weighted by atomic mass is 16.5. The van der Waals surface area contributed by atoms with Gasteiger partial charge < -0.3 is 24.1 Å². The molecule has 0 bridgehead atoms. The van der Waals surface area contributed by atoms with Crippen LogP contribution in [0, 0.1) is 0 Å². The molecule has 5 heteroatoms. The number of aliphatic hydroxyl groups is 1. The van der Waals surface area contributed by atoms with Crippen LogP contribution in [0.25, 0.3) is 0 Å². The summed E-state index contributed by atoms with van der Waals surface area (Å²) in [6.45, 7) is 1.95. The Kier molecular flexibility index (Phi) is 13.8. The van der Waals surface area contributed by atoms with E-state index in [4.69, 9.17) is 18.9 Å². The van der Waals surface area contributed by atoms with Crippen LogP contribution in [0.4, 0.5) is 0 Å². The molecule has 0 spiro atoms. The zero-order valence-corrected chi connectivity index (χ0v) is 29.7. The van der Waals surface area contributed by atoms with Crippen LogP contribution in [0.2, 0.25) is 0 Å². The lowest BCUT2D eigenvalue weighted by atomic mass is 10.0. The Morgan fingerprint density at radius 1 is 0.346 bits per heavy atom. The van der Waals surface area contributed by atoms with Crippen LogP contribution in [0.1, 0.15) is 59.1 Å². The third-order valence-electron chi connectivity index (χ3n) is 8.89. The Hall–Kier alpha value is -5.52. The number of rotatable bonds is 20. The molecule has 0 heterocycles. The van der Waals surface area contributed by atoms with E-state index in [2.05, 4.69) is 72.8 Å². The number of unbranched alkanes of at least 4 members (excludes halogenated alkanes) is 1. The fourth-order valence-corrected chi connectivity index (χ4v) is 6.03. The monoisotopic (exact) mass is 692 g/mol.